The van der Waals surface area contributed by atoms with Crippen LogP contribution in [-0.4, -0.2) is 24.2 Å². The van der Waals surface area contributed by atoms with Gasteiger partial charge in [-0.1, -0.05) is 19.9 Å². The minimum atomic E-state index is -0.269. The van der Waals surface area contributed by atoms with Crippen molar-refractivity contribution in [2.75, 3.05) is 18.5 Å². The van der Waals surface area contributed by atoms with Crippen molar-refractivity contribution in [3.63, 3.8) is 0 Å². The molecule has 2 rings (SSSR count). The van der Waals surface area contributed by atoms with Crippen LogP contribution in [-0.2, 0) is 4.79 Å². The molecule has 2 atom stereocenters. The number of carbonyl (C=O) groups excluding carboxylic acids is 1. The Bertz CT molecular complexity index is 474. The van der Waals surface area contributed by atoms with Crippen LogP contribution in [0.15, 0.2) is 18.2 Å². The van der Waals surface area contributed by atoms with E-state index in [9.17, 15) is 9.90 Å². The van der Waals surface area contributed by atoms with Gasteiger partial charge in [0.05, 0.1) is 5.69 Å². The van der Waals surface area contributed by atoms with Crippen LogP contribution in [0, 0.1) is 11.8 Å². The second-order valence-electron chi connectivity index (χ2n) is 5.21. The molecule has 0 saturated carbocycles. The van der Waals surface area contributed by atoms with Gasteiger partial charge in [0.25, 0.3) is 5.91 Å². The van der Waals surface area contributed by atoms with E-state index in [2.05, 4.69) is 5.32 Å². The third kappa shape index (κ3) is 2.88. The number of rotatable bonds is 4. The van der Waals surface area contributed by atoms with Gasteiger partial charge in [0, 0.05) is 18.6 Å². The number of aliphatic hydroxyl groups excluding tert-OH is 1. The summed E-state index contributed by atoms with van der Waals surface area (Å²) in [7, 11) is 0. The monoisotopic (exact) mass is 264 g/mol. The fraction of sp³-hybridized carbons (Fsp3) is 0.500. The highest BCUT2D eigenvalue weighted by Crippen LogP contribution is 2.33. The minimum absolute atomic E-state index is 0.0155. The van der Waals surface area contributed by atoms with E-state index in [1.54, 1.807) is 6.07 Å². The van der Waals surface area contributed by atoms with Crippen molar-refractivity contribution in [1.29, 1.82) is 0 Å². The molecule has 1 aliphatic rings. The van der Waals surface area contributed by atoms with Crippen molar-refractivity contribution in [3.05, 3.63) is 23.8 Å². The summed E-state index contributed by atoms with van der Waals surface area (Å²) >= 11 is 0. The maximum atomic E-state index is 11.3. The second-order valence-corrected chi connectivity index (χ2v) is 5.21. The number of nitrogens with one attached hydrogen (secondary N) is 1. The lowest BCUT2D eigenvalue weighted by Crippen LogP contribution is -2.29. The fourth-order valence-corrected chi connectivity index (χ4v) is 2.29. The van der Waals surface area contributed by atoms with Crippen LogP contribution in [0.1, 0.15) is 25.5 Å². The summed E-state index contributed by atoms with van der Waals surface area (Å²) < 4.78 is 5.30. The third-order valence-corrected chi connectivity index (χ3v) is 3.55. The molecule has 2 unspecified atom stereocenters. The smallest absolute Gasteiger partial charge is 0.262 e. The molecule has 5 heteroatoms. The predicted molar refractivity (Wildman–Crippen MR) is 72.9 cm³/mol. The van der Waals surface area contributed by atoms with E-state index in [0.29, 0.717) is 11.4 Å². The van der Waals surface area contributed by atoms with Crippen molar-refractivity contribution in [2.45, 2.75) is 19.9 Å². The fourth-order valence-electron chi connectivity index (χ4n) is 2.29. The van der Waals surface area contributed by atoms with Crippen molar-refractivity contribution in [2.24, 2.45) is 17.6 Å². The summed E-state index contributed by atoms with van der Waals surface area (Å²) in [5.74, 6) is 0.751. The maximum Gasteiger partial charge on any atom is 0.262 e. The standard InChI is InChI=1S/C14H20N2O3/c1-8(2)10(6-17)14(15)9-3-4-12-11(5-9)16-13(18)7-19-12/h3-5,8,10,14,17H,6-7,15H2,1-2H3,(H,16,18). The lowest BCUT2D eigenvalue weighted by molar-refractivity contribution is -0.118. The van der Waals surface area contributed by atoms with E-state index in [-0.39, 0.29) is 37.0 Å². The van der Waals surface area contributed by atoms with Crippen molar-refractivity contribution in [1.82, 2.24) is 0 Å². The highest BCUT2D eigenvalue weighted by molar-refractivity contribution is 5.95. The Labute approximate surface area is 112 Å². The Kier molecular flexibility index (Phi) is 4.07. The summed E-state index contributed by atoms with van der Waals surface area (Å²) in [4.78, 5) is 11.3. The number of amides is 1. The predicted octanol–water partition coefficient (Wildman–Crippen LogP) is 1.28. The number of hydrogen-bond donors (Lipinski definition) is 3. The normalized spacial score (nSPS) is 17.4. The van der Waals surface area contributed by atoms with Crippen LogP contribution < -0.4 is 15.8 Å². The number of anilines is 1. The number of carbonyl (C=O) groups is 1. The highest BCUT2D eigenvalue weighted by atomic mass is 16.5. The molecule has 0 bridgehead atoms. The molecule has 1 aromatic carbocycles. The summed E-state index contributed by atoms with van der Waals surface area (Å²) in [6.07, 6.45) is 0. The van der Waals surface area contributed by atoms with E-state index in [1.165, 1.54) is 0 Å². The number of hydrogen-bond acceptors (Lipinski definition) is 4. The first-order valence-electron chi connectivity index (χ1n) is 6.46. The Morgan fingerprint density at radius 3 is 2.84 bits per heavy atom. The van der Waals surface area contributed by atoms with Crippen LogP contribution in [0.5, 0.6) is 5.75 Å². The largest absolute Gasteiger partial charge is 0.482 e. The molecular formula is C14H20N2O3. The summed E-state index contributed by atoms with van der Waals surface area (Å²) in [6.45, 7) is 4.15. The molecule has 1 heterocycles. The first-order chi connectivity index (χ1) is 9.02. The van der Waals surface area contributed by atoms with Crippen LogP contribution in [0.2, 0.25) is 0 Å². The van der Waals surface area contributed by atoms with E-state index in [1.807, 2.05) is 26.0 Å². The van der Waals surface area contributed by atoms with Gasteiger partial charge in [0.15, 0.2) is 6.61 Å². The van der Waals surface area contributed by atoms with Crippen LogP contribution >= 0.6 is 0 Å². The zero-order valence-electron chi connectivity index (χ0n) is 11.2. The summed E-state index contributed by atoms with van der Waals surface area (Å²) in [6, 6.07) is 5.24. The number of nitrogens with two attached hydrogens (primary N) is 1. The maximum absolute atomic E-state index is 11.3. The van der Waals surface area contributed by atoms with Crippen molar-refractivity contribution >= 4 is 11.6 Å². The number of fused-ring (bicyclic) bond motifs is 1. The van der Waals surface area contributed by atoms with Gasteiger partial charge in [0.2, 0.25) is 0 Å². The van der Waals surface area contributed by atoms with Gasteiger partial charge in [-0.15, -0.1) is 0 Å². The molecule has 0 fully saturated rings. The molecule has 5 nitrogen and oxygen atoms in total. The average Bonchev–Trinajstić information content (AvgIpc) is 2.38. The summed E-state index contributed by atoms with van der Waals surface area (Å²) in [5, 5.41) is 12.2. The molecule has 19 heavy (non-hydrogen) atoms. The zero-order valence-corrected chi connectivity index (χ0v) is 11.2. The van der Waals surface area contributed by atoms with Crippen LogP contribution in [0.4, 0.5) is 5.69 Å². The molecule has 0 spiro atoms. The van der Waals surface area contributed by atoms with Gasteiger partial charge in [-0.05, 0) is 23.6 Å². The topological polar surface area (TPSA) is 84.6 Å². The van der Waals surface area contributed by atoms with Gasteiger partial charge >= 0.3 is 0 Å². The Morgan fingerprint density at radius 2 is 2.21 bits per heavy atom. The molecule has 4 N–H and O–H groups in total. The third-order valence-electron chi connectivity index (χ3n) is 3.55. The molecule has 1 aromatic rings. The lowest BCUT2D eigenvalue weighted by Gasteiger charge is -2.27. The molecule has 0 aromatic heterocycles. The van der Waals surface area contributed by atoms with Gasteiger partial charge in [-0.25, -0.2) is 0 Å². The molecular weight excluding hydrogens is 244 g/mol. The number of ether oxygens (including phenoxy) is 1. The number of benzene rings is 1. The van der Waals surface area contributed by atoms with E-state index in [0.717, 1.165) is 5.56 Å². The van der Waals surface area contributed by atoms with Gasteiger partial charge < -0.3 is 20.9 Å². The Morgan fingerprint density at radius 1 is 1.47 bits per heavy atom. The molecule has 1 aliphatic heterocycles. The van der Waals surface area contributed by atoms with Crippen molar-refractivity contribution < 1.29 is 14.6 Å². The highest BCUT2D eigenvalue weighted by Gasteiger charge is 2.24. The minimum Gasteiger partial charge on any atom is -0.482 e. The first kappa shape index (κ1) is 13.8. The SMILES string of the molecule is CC(C)C(CO)C(N)c1ccc2c(c1)NC(=O)CO2. The number of aliphatic hydroxyl groups is 1. The van der Waals surface area contributed by atoms with E-state index >= 15 is 0 Å². The molecule has 104 valence electrons. The zero-order chi connectivity index (χ0) is 14.0. The van der Waals surface area contributed by atoms with E-state index in [4.69, 9.17) is 10.5 Å². The van der Waals surface area contributed by atoms with Crippen LogP contribution in [0.25, 0.3) is 0 Å². The first-order valence-corrected chi connectivity index (χ1v) is 6.46. The Balaban J connectivity index is 2.26. The van der Waals surface area contributed by atoms with Crippen molar-refractivity contribution in [3.8, 4) is 5.75 Å². The molecule has 0 aliphatic carbocycles. The quantitative estimate of drug-likeness (QED) is 0.765. The lowest BCUT2D eigenvalue weighted by atomic mass is 9.85. The molecule has 1 amide bonds. The summed E-state index contributed by atoms with van der Waals surface area (Å²) in [5.41, 5.74) is 7.73. The molecule has 0 saturated heterocycles. The molecule has 0 radical (unpaired) electrons. The Hall–Kier alpha value is -1.59. The second kappa shape index (κ2) is 5.59. The van der Waals surface area contributed by atoms with E-state index < -0.39 is 0 Å². The average molecular weight is 264 g/mol. The van der Waals surface area contributed by atoms with Crippen LogP contribution in [0.3, 0.4) is 0 Å². The van der Waals surface area contributed by atoms with Gasteiger partial charge in [0.1, 0.15) is 5.75 Å². The van der Waals surface area contributed by atoms with Gasteiger partial charge in [-0.3, -0.25) is 4.79 Å². The van der Waals surface area contributed by atoms with Gasteiger partial charge in [-0.2, -0.15) is 0 Å².